The monoisotopic (exact) mass is 213 g/mol. The average molecular weight is 214 g/mol. The number of hydrogen-bond donors (Lipinski definition) is 1. The third-order valence-corrected chi connectivity index (χ3v) is 2.68. The van der Waals surface area contributed by atoms with E-state index >= 15 is 0 Å². The molecule has 0 aromatic heterocycles. The van der Waals surface area contributed by atoms with Crippen molar-refractivity contribution in [3.63, 3.8) is 0 Å². The number of hydrogen-bond acceptors (Lipinski definition) is 2. The summed E-state index contributed by atoms with van der Waals surface area (Å²) in [7, 11) is 1.71. The summed E-state index contributed by atoms with van der Waals surface area (Å²) < 4.78 is 5.20. The van der Waals surface area contributed by atoms with Gasteiger partial charge in [0.1, 0.15) is 5.75 Å². The van der Waals surface area contributed by atoms with Gasteiger partial charge in [-0.25, -0.2) is 0 Å². The number of rotatable bonds is 1. The fraction of sp³-hybridized carbons (Fsp3) is 0.455. The van der Waals surface area contributed by atoms with Gasteiger partial charge in [-0.3, -0.25) is 0 Å². The molecule has 0 saturated heterocycles. The lowest BCUT2D eigenvalue weighted by molar-refractivity contribution is 0.413. The van der Waals surface area contributed by atoms with E-state index in [1.807, 2.05) is 6.07 Å². The Bertz CT molecular complexity index is 336. The normalized spacial score (nSPS) is 16.5. The predicted octanol–water partition coefficient (Wildman–Crippen LogP) is 2.82. The van der Waals surface area contributed by atoms with Crippen LogP contribution in [0, 0.1) is 0 Å². The first kappa shape index (κ1) is 11.2. The van der Waals surface area contributed by atoms with Gasteiger partial charge in [0, 0.05) is 17.6 Å². The summed E-state index contributed by atoms with van der Waals surface area (Å²) in [5.74, 6) is 0.940. The minimum Gasteiger partial charge on any atom is -0.497 e. The largest absolute Gasteiger partial charge is 0.497 e. The standard InChI is InChI=1S/C11H15NO.ClH/c1-11(2)7-12-10-5-4-8(13-3)6-9(10)11;/h4-6,12H,7H2,1-3H3;1H. The Kier molecular flexibility index (Phi) is 2.95. The molecule has 2 nitrogen and oxygen atoms in total. The first-order valence-corrected chi connectivity index (χ1v) is 4.56. The summed E-state index contributed by atoms with van der Waals surface area (Å²) >= 11 is 0. The van der Waals surface area contributed by atoms with E-state index in [2.05, 4.69) is 31.3 Å². The van der Waals surface area contributed by atoms with E-state index < -0.39 is 0 Å². The number of benzene rings is 1. The number of methoxy groups -OCH3 is 1. The molecule has 1 N–H and O–H groups in total. The third kappa shape index (κ3) is 1.67. The molecule has 0 atom stereocenters. The highest BCUT2D eigenvalue weighted by atomic mass is 35.5. The predicted molar refractivity (Wildman–Crippen MR) is 61.8 cm³/mol. The van der Waals surface area contributed by atoms with E-state index in [1.165, 1.54) is 11.3 Å². The molecule has 1 heterocycles. The van der Waals surface area contributed by atoms with Gasteiger partial charge in [0.2, 0.25) is 0 Å². The Morgan fingerprint density at radius 1 is 1.36 bits per heavy atom. The van der Waals surface area contributed by atoms with Crippen LogP contribution in [0.2, 0.25) is 0 Å². The van der Waals surface area contributed by atoms with Crippen LogP contribution in [0.25, 0.3) is 0 Å². The molecule has 1 aromatic carbocycles. The van der Waals surface area contributed by atoms with E-state index in [9.17, 15) is 0 Å². The molecule has 0 radical (unpaired) electrons. The molecule has 1 aromatic rings. The number of halogens is 1. The van der Waals surface area contributed by atoms with Crippen LogP contribution in [0.4, 0.5) is 5.69 Å². The molecule has 1 aliphatic heterocycles. The van der Waals surface area contributed by atoms with Crippen LogP contribution < -0.4 is 10.1 Å². The molecule has 78 valence electrons. The van der Waals surface area contributed by atoms with E-state index in [-0.39, 0.29) is 17.8 Å². The maximum atomic E-state index is 5.20. The molecular weight excluding hydrogens is 198 g/mol. The van der Waals surface area contributed by atoms with Crippen molar-refractivity contribution in [3.8, 4) is 5.75 Å². The zero-order valence-electron chi connectivity index (χ0n) is 8.76. The van der Waals surface area contributed by atoms with Gasteiger partial charge < -0.3 is 10.1 Å². The summed E-state index contributed by atoms with van der Waals surface area (Å²) in [4.78, 5) is 0. The van der Waals surface area contributed by atoms with E-state index in [0.717, 1.165) is 12.3 Å². The Morgan fingerprint density at radius 3 is 2.71 bits per heavy atom. The van der Waals surface area contributed by atoms with E-state index in [4.69, 9.17) is 4.74 Å². The van der Waals surface area contributed by atoms with Gasteiger partial charge >= 0.3 is 0 Å². The van der Waals surface area contributed by atoms with Crippen LogP contribution in [0.3, 0.4) is 0 Å². The Morgan fingerprint density at radius 2 is 2.07 bits per heavy atom. The van der Waals surface area contributed by atoms with Gasteiger partial charge in [0.15, 0.2) is 0 Å². The maximum absolute atomic E-state index is 5.20. The number of fused-ring (bicyclic) bond motifs is 1. The Hall–Kier alpha value is -0.890. The number of ether oxygens (including phenoxy) is 1. The van der Waals surface area contributed by atoms with Gasteiger partial charge in [0.05, 0.1) is 7.11 Å². The highest BCUT2D eigenvalue weighted by molar-refractivity contribution is 5.85. The molecule has 3 heteroatoms. The van der Waals surface area contributed by atoms with Gasteiger partial charge in [-0.1, -0.05) is 13.8 Å². The molecule has 2 rings (SSSR count). The SMILES string of the molecule is COc1ccc2c(c1)C(C)(C)CN2.Cl. The van der Waals surface area contributed by atoms with E-state index in [0.29, 0.717) is 0 Å². The highest BCUT2D eigenvalue weighted by Gasteiger charge is 2.29. The zero-order chi connectivity index (χ0) is 9.47. The zero-order valence-corrected chi connectivity index (χ0v) is 9.57. The lowest BCUT2D eigenvalue weighted by atomic mass is 9.87. The Balaban J connectivity index is 0.000000980. The van der Waals surface area contributed by atoms with Crippen LogP contribution in [0.5, 0.6) is 5.75 Å². The minimum absolute atomic E-state index is 0. The van der Waals surface area contributed by atoms with Crippen molar-refractivity contribution in [1.29, 1.82) is 0 Å². The van der Waals surface area contributed by atoms with Crippen molar-refractivity contribution in [2.24, 2.45) is 0 Å². The van der Waals surface area contributed by atoms with Crippen molar-refractivity contribution >= 4 is 18.1 Å². The van der Waals surface area contributed by atoms with Crippen LogP contribution in [0.1, 0.15) is 19.4 Å². The molecule has 0 saturated carbocycles. The summed E-state index contributed by atoms with van der Waals surface area (Å²) in [6, 6.07) is 6.20. The fourth-order valence-corrected chi connectivity index (χ4v) is 1.78. The molecule has 0 amide bonds. The average Bonchev–Trinajstić information content (AvgIpc) is 2.42. The van der Waals surface area contributed by atoms with Crippen LogP contribution in [-0.4, -0.2) is 13.7 Å². The summed E-state index contributed by atoms with van der Waals surface area (Å²) in [5, 5.41) is 3.39. The van der Waals surface area contributed by atoms with Crippen LogP contribution >= 0.6 is 12.4 Å². The third-order valence-electron chi connectivity index (χ3n) is 2.68. The van der Waals surface area contributed by atoms with Crippen molar-refractivity contribution in [2.45, 2.75) is 19.3 Å². The molecule has 14 heavy (non-hydrogen) atoms. The molecular formula is C11H16ClNO. The molecule has 0 unspecified atom stereocenters. The topological polar surface area (TPSA) is 21.3 Å². The fourth-order valence-electron chi connectivity index (χ4n) is 1.78. The molecule has 0 aliphatic carbocycles. The van der Waals surface area contributed by atoms with Crippen molar-refractivity contribution in [1.82, 2.24) is 0 Å². The van der Waals surface area contributed by atoms with E-state index in [1.54, 1.807) is 7.11 Å². The minimum atomic E-state index is 0. The molecule has 1 aliphatic rings. The number of nitrogens with one attached hydrogen (secondary N) is 1. The van der Waals surface area contributed by atoms with Crippen LogP contribution in [-0.2, 0) is 5.41 Å². The lowest BCUT2D eigenvalue weighted by Gasteiger charge is -2.17. The summed E-state index contributed by atoms with van der Waals surface area (Å²) in [6.45, 7) is 5.49. The van der Waals surface area contributed by atoms with Crippen molar-refractivity contribution < 1.29 is 4.74 Å². The van der Waals surface area contributed by atoms with Gasteiger partial charge in [-0.2, -0.15) is 0 Å². The van der Waals surface area contributed by atoms with Crippen LogP contribution in [0.15, 0.2) is 18.2 Å². The second kappa shape index (κ2) is 3.70. The Labute approximate surface area is 91.1 Å². The lowest BCUT2D eigenvalue weighted by Crippen LogP contribution is -2.18. The van der Waals surface area contributed by atoms with Crippen molar-refractivity contribution in [3.05, 3.63) is 23.8 Å². The van der Waals surface area contributed by atoms with Gasteiger partial charge in [-0.15, -0.1) is 12.4 Å². The second-order valence-electron chi connectivity index (χ2n) is 4.15. The van der Waals surface area contributed by atoms with Gasteiger partial charge in [0.25, 0.3) is 0 Å². The second-order valence-corrected chi connectivity index (χ2v) is 4.15. The summed E-state index contributed by atoms with van der Waals surface area (Å²) in [5.41, 5.74) is 2.82. The van der Waals surface area contributed by atoms with Gasteiger partial charge in [-0.05, 0) is 23.8 Å². The summed E-state index contributed by atoms with van der Waals surface area (Å²) in [6.07, 6.45) is 0. The molecule has 0 fully saturated rings. The molecule has 0 spiro atoms. The quantitative estimate of drug-likeness (QED) is 0.775. The number of anilines is 1. The first-order valence-electron chi connectivity index (χ1n) is 4.56. The highest BCUT2D eigenvalue weighted by Crippen LogP contribution is 2.37. The molecule has 0 bridgehead atoms. The first-order chi connectivity index (χ1) is 6.13. The van der Waals surface area contributed by atoms with Crippen molar-refractivity contribution in [2.75, 3.05) is 19.0 Å². The maximum Gasteiger partial charge on any atom is 0.119 e. The smallest absolute Gasteiger partial charge is 0.119 e.